The Morgan fingerprint density at radius 3 is 2.61 bits per heavy atom. The lowest BCUT2D eigenvalue weighted by Gasteiger charge is -2.32. The first-order chi connectivity index (χ1) is 10.6. The highest BCUT2D eigenvalue weighted by atomic mass is 31.2. The summed E-state index contributed by atoms with van der Waals surface area (Å²) in [7, 11) is -3.66. The number of phosphoric acid groups is 1. The van der Waals surface area contributed by atoms with Crippen LogP contribution < -0.4 is 11.2 Å². The fourth-order valence-corrected chi connectivity index (χ4v) is 3.24. The average Bonchev–Trinajstić information content (AvgIpc) is 2.69. The molecule has 1 aliphatic rings. The maximum absolute atomic E-state index is 12.0. The number of ether oxygens (including phenoxy) is 2. The van der Waals surface area contributed by atoms with Crippen LogP contribution in [0.5, 0.6) is 0 Å². The van der Waals surface area contributed by atoms with E-state index >= 15 is 0 Å². The second-order valence-corrected chi connectivity index (χ2v) is 6.28. The van der Waals surface area contributed by atoms with Crippen molar-refractivity contribution in [1.82, 2.24) is 9.55 Å². The molecule has 1 aromatic rings. The largest absolute Gasteiger partial charge is 0.470 e. The maximum Gasteiger partial charge on any atom is 0.470 e. The molecule has 0 unspecified atom stereocenters. The molecule has 0 amide bonds. The molecule has 1 fully saturated rings. The number of nitrogens with one attached hydrogen (secondary N) is 1. The van der Waals surface area contributed by atoms with Crippen LogP contribution in [0, 0.1) is 0 Å². The van der Waals surface area contributed by atoms with Crippen LogP contribution in [-0.2, 0) is 24.3 Å². The highest BCUT2D eigenvalue weighted by Gasteiger charge is 2.56. The summed E-state index contributed by atoms with van der Waals surface area (Å²) in [5.74, 6) is 0. The number of aliphatic hydroxyl groups is 1. The lowest BCUT2D eigenvalue weighted by atomic mass is 10.0. The molecule has 1 aromatic heterocycles. The minimum Gasteiger partial charge on any atom is -0.394 e. The quantitative estimate of drug-likeness (QED) is 0.443. The smallest absolute Gasteiger partial charge is 0.394 e. The SMILES string of the molecule is CO[C@@H]1[C@H](OP(=O)(O)O)[C@@H](CO)O[C@@]1(C)n1ccc(=O)[nH]c1=O. The van der Waals surface area contributed by atoms with Crippen molar-refractivity contribution in [2.75, 3.05) is 13.7 Å². The molecule has 0 bridgehead atoms. The Bertz CT molecular complexity index is 725. The summed E-state index contributed by atoms with van der Waals surface area (Å²) >= 11 is 0. The van der Waals surface area contributed by atoms with E-state index in [9.17, 15) is 19.3 Å². The molecule has 4 N–H and O–H groups in total. The molecule has 0 aliphatic carbocycles. The molecule has 2 heterocycles. The lowest BCUT2D eigenvalue weighted by Crippen LogP contribution is -2.50. The molecule has 0 radical (unpaired) electrons. The van der Waals surface area contributed by atoms with E-state index in [1.807, 2.05) is 4.98 Å². The van der Waals surface area contributed by atoms with E-state index in [1.54, 1.807) is 0 Å². The zero-order chi connectivity index (χ0) is 17.4. The van der Waals surface area contributed by atoms with E-state index in [2.05, 4.69) is 4.52 Å². The molecule has 1 saturated heterocycles. The number of methoxy groups -OCH3 is 1. The van der Waals surface area contributed by atoms with Gasteiger partial charge in [-0.2, -0.15) is 0 Å². The number of aliphatic hydroxyl groups excluding tert-OH is 1. The van der Waals surface area contributed by atoms with Gasteiger partial charge in [-0.3, -0.25) is 18.9 Å². The van der Waals surface area contributed by atoms with Gasteiger partial charge in [0.05, 0.1) is 6.61 Å². The molecule has 130 valence electrons. The first-order valence-electron chi connectivity index (χ1n) is 6.50. The van der Waals surface area contributed by atoms with E-state index in [0.29, 0.717) is 0 Å². The van der Waals surface area contributed by atoms with Gasteiger partial charge in [0.25, 0.3) is 5.56 Å². The normalized spacial score (nSPS) is 31.4. The Kier molecular flexibility index (Phi) is 4.92. The Morgan fingerprint density at radius 1 is 1.48 bits per heavy atom. The van der Waals surface area contributed by atoms with Gasteiger partial charge in [-0.1, -0.05) is 0 Å². The third-order valence-electron chi connectivity index (χ3n) is 3.58. The van der Waals surface area contributed by atoms with Crippen molar-refractivity contribution in [2.45, 2.75) is 31.0 Å². The van der Waals surface area contributed by atoms with Gasteiger partial charge in [0.1, 0.15) is 18.3 Å². The van der Waals surface area contributed by atoms with E-state index in [0.717, 1.165) is 16.8 Å². The fraction of sp³-hybridized carbons (Fsp3) is 0.636. The highest BCUT2D eigenvalue weighted by molar-refractivity contribution is 7.46. The Labute approximate surface area is 129 Å². The second-order valence-electron chi connectivity index (χ2n) is 5.09. The molecule has 0 saturated carbocycles. The number of aromatic amines is 1. The minimum atomic E-state index is -4.90. The molecular weight excluding hydrogens is 335 g/mol. The molecule has 0 spiro atoms. The summed E-state index contributed by atoms with van der Waals surface area (Å²) in [6.45, 7) is 0.783. The van der Waals surface area contributed by atoms with Crippen molar-refractivity contribution < 1.29 is 33.5 Å². The summed E-state index contributed by atoms with van der Waals surface area (Å²) in [5.41, 5.74) is -3.00. The number of hydrogen-bond donors (Lipinski definition) is 4. The van der Waals surface area contributed by atoms with Gasteiger partial charge in [0.2, 0.25) is 0 Å². The lowest BCUT2D eigenvalue weighted by molar-refractivity contribution is -0.145. The van der Waals surface area contributed by atoms with Crippen molar-refractivity contribution in [3.05, 3.63) is 33.1 Å². The number of hydrogen-bond acceptors (Lipinski definition) is 7. The van der Waals surface area contributed by atoms with Gasteiger partial charge in [-0.25, -0.2) is 9.36 Å². The van der Waals surface area contributed by atoms with Crippen LogP contribution in [0.4, 0.5) is 0 Å². The molecule has 1 aliphatic heterocycles. The number of nitrogens with zero attached hydrogens (tertiary/aromatic N) is 1. The monoisotopic (exact) mass is 352 g/mol. The first kappa shape index (κ1) is 18.0. The van der Waals surface area contributed by atoms with Gasteiger partial charge in [0.15, 0.2) is 5.72 Å². The van der Waals surface area contributed by atoms with Crippen molar-refractivity contribution in [1.29, 1.82) is 0 Å². The van der Waals surface area contributed by atoms with Crippen LogP contribution in [0.25, 0.3) is 0 Å². The molecule has 2 rings (SSSR count). The van der Waals surface area contributed by atoms with Crippen LogP contribution >= 0.6 is 7.82 Å². The number of H-pyrrole nitrogens is 1. The number of phosphoric ester groups is 1. The van der Waals surface area contributed by atoms with Crippen molar-refractivity contribution in [2.24, 2.45) is 0 Å². The van der Waals surface area contributed by atoms with Gasteiger partial charge in [-0.15, -0.1) is 0 Å². The fourth-order valence-electron chi connectivity index (χ4n) is 2.68. The van der Waals surface area contributed by atoms with Gasteiger partial charge >= 0.3 is 13.5 Å². The molecule has 0 aromatic carbocycles. The van der Waals surface area contributed by atoms with Crippen LogP contribution in [0.1, 0.15) is 6.92 Å². The highest BCUT2D eigenvalue weighted by Crippen LogP contribution is 2.46. The Balaban J connectivity index is 2.51. The third-order valence-corrected chi connectivity index (χ3v) is 4.10. The van der Waals surface area contributed by atoms with Gasteiger partial charge in [0, 0.05) is 19.4 Å². The molecule has 23 heavy (non-hydrogen) atoms. The number of rotatable bonds is 5. The van der Waals surface area contributed by atoms with E-state index in [-0.39, 0.29) is 0 Å². The van der Waals surface area contributed by atoms with E-state index in [1.165, 1.54) is 14.0 Å². The van der Waals surface area contributed by atoms with E-state index in [4.69, 9.17) is 19.3 Å². The van der Waals surface area contributed by atoms with Crippen LogP contribution in [0.2, 0.25) is 0 Å². The summed E-state index contributed by atoms with van der Waals surface area (Å²) in [4.78, 5) is 43.2. The average molecular weight is 352 g/mol. The minimum absolute atomic E-state index is 0.622. The topological polar surface area (TPSA) is 160 Å². The van der Waals surface area contributed by atoms with Crippen molar-refractivity contribution in [3.63, 3.8) is 0 Å². The Morgan fingerprint density at radius 2 is 2.13 bits per heavy atom. The third kappa shape index (κ3) is 3.45. The van der Waals surface area contributed by atoms with Crippen LogP contribution in [0.3, 0.4) is 0 Å². The van der Waals surface area contributed by atoms with Crippen molar-refractivity contribution >= 4 is 7.82 Å². The van der Waals surface area contributed by atoms with Crippen LogP contribution in [0.15, 0.2) is 21.9 Å². The summed E-state index contributed by atoms with van der Waals surface area (Å²) in [6, 6.07) is 1.08. The zero-order valence-corrected chi connectivity index (χ0v) is 13.2. The predicted octanol–water partition coefficient (Wildman–Crippen LogP) is -1.91. The Hall–Kier alpha value is -1.33. The molecule has 12 heteroatoms. The van der Waals surface area contributed by atoms with E-state index < -0.39 is 49.7 Å². The summed E-state index contributed by atoms with van der Waals surface area (Å²) in [5, 5.41) is 9.38. The molecular formula is C11H17N2O9P. The zero-order valence-electron chi connectivity index (χ0n) is 12.3. The molecule has 11 nitrogen and oxygen atoms in total. The summed E-state index contributed by atoms with van der Waals surface area (Å²) < 4.78 is 27.5. The molecule has 4 atom stereocenters. The van der Waals surface area contributed by atoms with Gasteiger partial charge < -0.3 is 24.4 Å². The number of aromatic nitrogens is 2. The predicted molar refractivity (Wildman–Crippen MR) is 74.6 cm³/mol. The van der Waals surface area contributed by atoms with Gasteiger partial charge in [-0.05, 0) is 6.92 Å². The first-order valence-corrected chi connectivity index (χ1v) is 8.03. The van der Waals surface area contributed by atoms with Crippen LogP contribution in [-0.4, -0.2) is 56.5 Å². The maximum atomic E-state index is 12.0. The summed E-state index contributed by atoms with van der Waals surface area (Å²) in [6.07, 6.45) is -2.48. The van der Waals surface area contributed by atoms with Crippen molar-refractivity contribution in [3.8, 4) is 0 Å². The second kappa shape index (κ2) is 6.29. The standard InChI is InChI=1S/C11H17N2O9P/c1-11(13-4-3-7(15)12-10(13)16)9(20-2)8(6(5-14)21-11)22-23(17,18)19/h3-4,6,8-9,14H,5H2,1-2H3,(H,12,15,16)(H2,17,18,19)/t6-,8-,9-,11-/m1/s1.